The van der Waals surface area contributed by atoms with E-state index in [-0.39, 0.29) is 0 Å². The molecule has 0 amide bonds. The van der Waals surface area contributed by atoms with E-state index in [9.17, 15) is 0 Å². The number of hydrogen-bond donors (Lipinski definition) is 0. The zero-order valence-electron chi connectivity index (χ0n) is 13.1. The summed E-state index contributed by atoms with van der Waals surface area (Å²) in [5.74, 6) is 2.60. The zero-order chi connectivity index (χ0) is 15.4. The Kier molecular flexibility index (Phi) is 4.73. The molecule has 22 heavy (non-hydrogen) atoms. The van der Waals surface area contributed by atoms with Gasteiger partial charge in [0.1, 0.15) is 5.75 Å². The molecule has 1 saturated heterocycles. The zero-order valence-corrected chi connectivity index (χ0v) is 13.1. The minimum absolute atomic E-state index is 0.371. The van der Waals surface area contributed by atoms with Crippen LogP contribution in [0.25, 0.3) is 11.4 Å². The third-order valence-electron chi connectivity index (χ3n) is 4.21. The summed E-state index contributed by atoms with van der Waals surface area (Å²) in [7, 11) is 1.65. The first-order valence-corrected chi connectivity index (χ1v) is 7.87. The van der Waals surface area contributed by atoms with Gasteiger partial charge in [-0.25, -0.2) is 0 Å². The predicted octanol–water partition coefficient (Wildman–Crippen LogP) is 3.49. The minimum atomic E-state index is 0.371. The van der Waals surface area contributed by atoms with Gasteiger partial charge in [0.05, 0.1) is 18.8 Å². The van der Waals surface area contributed by atoms with E-state index >= 15 is 0 Å². The second kappa shape index (κ2) is 6.92. The Morgan fingerprint density at radius 3 is 3.00 bits per heavy atom. The molecule has 2 heterocycles. The van der Waals surface area contributed by atoms with Crippen molar-refractivity contribution in [3.63, 3.8) is 0 Å². The van der Waals surface area contributed by atoms with Crippen LogP contribution in [0.3, 0.4) is 0 Å². The van der Waals surface area contributed by atoms with Crippen molar-refractivity contribution in [1.82, 2.24) is 10.1 Å². The van der Waals surface area contributed by atoms with Gasteiger partial charge in [-0.15, -0.1) is 0 Å². The van der Waals surface area contributed by atoms with Gasteiger partial charge in [-0.1, -0.05) is 24.2 Å². The topological polar surface area (TPSA) is 57.4 Å². The maximum atomic E-state index is 5.72. The molecule has 3 rings (SSSR count). The molecule has 0 radical (unpaired) electrons. The Morgan fingerprint density at radius 1 is 1.32 bits per heavy atom. The molecule has 0 N–H and O–H groups in total. The second-order valence-electron chi connectivity index (χ2n) is 5.71. The smallest absolute Gasteiger partial charge is 0.227 e. The fourth-order valence-electron chi connectivity index (χ4n) is 2.95. The Labute approximate surface area is 130 Å². The van der Waals surface area contributed by atoms with Crippen LogP contribution < -0.4 is 4.74 Å². The van der Waals surface area contributed by atoms with E-state index < -0.39 is 0 Å². The Balaban J connectivity index is 1.71. The van der Waals surface area contributed by atoms with Crippen molar-refractivity contribution in [1.29, 1.82) is 0 Å². The number of hydrogen-bond acceptors (Lipinski definition) is 5. The van der Waals surface area contributed by atoms with Gasteiger partial charge < -0.3 is 14.0 Å². The molecule has 1 fully saturated rings. The summed E-state index contributed by atoms with van der Waals surface area (Å²) >= 11 is 0. The van der Waals surface area contributed by atoms with E-state index in [2.05, 4.69) is 17.1 Å². The van der Waals surface area contributed by atoms with Crippen LogP contribution in [-0.2, 0) is 11.2 Å². The van der Waals surface area contributed by atoms with E-state index in [0.717, 1.165) is 43.6 Å². The molecular formula is C17H22N2O3. The van der Waals surface area contributed by atoms with Crippen LogP contribution in [0.2, 0.25) is 0 Å². The Bertz CT molecular complexity index is 611. The molecule has 0 saturated carbocycles. The van der Waals surface area contributed by atoms with Crippen LogP contribution in [-0.4, -0.2) is 30.0 Å². The number of rotatable bonds is 5. The van der Waals surface area contributed by atoms with Gasteiger partial charge in [-0.3, -0.25) is 0 Å². The highest BCUT2D eigenvalue weighted by Crippen LogP contribution is 2.29. The molecule has 0 bridgehead atoms. The first-order valence-electron chi connectivity index (χ1n) is 7.87. The summed E-state index contributed by atoms with van der Waals surface area (Å²) in [4.78, 5) is 4.54. The molecule has 2 atom stereocenters. The molecule has 2 aromatic rings. The molecular weight excluding hydrogens is 280 g/mol. The van der Waals surface area contributed by atoms with E-state index in [1.54, 1.807) is 7.11 Å². The van der Waals surface area contributed by atoms with Gasteiger partial charge >= 0.3 is 0 Å². The first-order chi connectivity index (χ1) is 10.8. The van der Waals surface area contributed by atoms with Gasteiger partial charge in [0.15, 0.2) is 0 Å². The van der Waals surface area contributed by atoms with Crippen LogP contribution in [0, 0.1) is 5.92 Å². The fourth-order valence-corrected chi connectivity index (χ4v) is 2.95. The van der Waals surface area contributed by atoms with Crippen LogP contribution in [0.15, 0.2) is 28.8 Å². The Hall–Kier alpha value is -1.88. The van der Waals surface area contributed by atoms with Crippen LogP contribution >= 0.6 is 0 Å². The van der Waals surface area contributed by atoms with Crippen LogP contribution in [0.1, 0.15) is 32.1 Å². The molecule has 1 aliphatic heterocycles. The standard InChI is InChI=1S/C17H22N2O3/c1-3-13-10-12(8-9-21-13)11-16-18-17(19-22-16)14-6-4-5-7-15(14)20-2/h4-7,12-13H,3,8-11H2,1-2H3/t12-,13-/m0/s1. The van der Waals surface area contributed by atoms with Crippen LogP contribution in [0.4, 0.5) is 0 Å². The number of para-hydroxylation sites is 1. The largest absolute Gasteiger partial charge is 0.496 e. The predicted molar refractivity (Wildman–Crippen MR) is 82.7 cm³/mol. The number of aromatic nitrogens is 2. The quantitative estimate of drug-likeness (QED) is 0.846. The van der Waals surface area contributed by atoms with Gasteiger partial charge in [0.2, 0.25) is 11.7 Å². The summed E-state index contributed by atoms with van der Waals surface area (Å²) in [5.41, 5.74) is 0.860. The third kappa shape index (κ3) is 3.30. The van der Waals surface area contributed by atoms with Gasteiger partial charge in [-0.2, -0.15) is 4.98 Å². The van der Waals surface area contributed by atoms with Gasteiger partial charge in [0, 0.05) is 13.0 Å². The summed E-state index contributed by atoms with van der Waals surface area (Å²) in [6.45, 7) is 3.00. The van der Waals surface area contributed by atoms with E-state index in [4.69, 9.17) is 14.0 Å². The van der Waals surface area contributed by atoms with Crippen molar-refractivity contribution >= 4 is 0 Å². The summed E-state index contributed by atoms with van der Waals surface area (Å²) in [6.07, 6.45) is 4.39. The van der Waals surface area contributed by atoms with Crippen molar-refractivity contribution in [2.45, 2.75) is 38.7 Å². The number of methoxy groups -OCH3 is 1. The van der Waals surface area contributed by atoms with Crippen molar-refractivity contribution in [3.05, 3.63) is 30.2 Å². The maximum absolute atomic E-state index is 5.72. The lowest BCUT2D eigenvalue weighted by Crippen LogP contribution is -2.26. The van der Waals surface area contributed by atoms with Crippen molar-refractivity contribution in [2.75, 3.05) is 13.7 Å². The monoisotopic (exact) mass is 302 g/mol. The second-order valence-corrected chi connectivity index (χ2v) is 5.71. The SMILES string of the molecule is CC[C@H]1C[C@@H](Cc2nc(-c3ccccc3OC)no2)CCO1. The lowest BCUT2D eigenvalue weighted by atomic mass is 9.91. The van der Waals surface area contributed by atoms with E-state index in [1.807, 2.05) is 24.3 Å². The molecule has 0 unspecified atom stereocenters. The molecule has 118 valence electrons. The lowest BCUT2D eigenvalue weighted by Gasteiger charge is -2.27. The average molecular weight is 302 g/mol. The summed E-state index contributed by atoms with van der Waals surface area (Å²) in [6, 6.07) is 7.71. The summed E-state index contributed by atoms with van der Waals surface area (Å²) < 4.78 is 16.5. The molecule has 1 aromatic heterocycles. The molecule has 5 heteroatoms. The maximum Gasteiger partial charge on any atom is 0.227 e. The van der Waals surface area contributed by atoms with Crippen molar-refractivity contribution in [2.24, 2.45) is 5.92 Å². The van der Waals surface area contributed by atoms with Gasteiger partial charge in [-0.05, 0) is 37.3 Å². The molecule has 1 aromatic carbocycles. The highest BCUT2D eigenvalue weighted by atomic mass is 16.5. The van der Waals surface area contributed by atoms with Crippen molar-refractivity contribution < 1.29 is 14.0 Å². The first kappa shape index (κ1) is 15.0. The highest BCUT2D eigenvalue weighted by Gasteiger charge is 2.24. The summed E-state index contributed by atoms with van der Waals surface area (Å²) in [5, 5.41) is 4.10. The molecule has 1 aliphatic rings. The molecule has 0 spiro atoms. The van der Waals surface area contributed by atoms with Crippen LogP contribution in [0.5, 0.6) is 5.75 Å². The number of ether oxygens (including phenoxy) is 2. The fraction of sp³-hybridized carbons (Fsp3) is 0.529. The number of benzene rings is 1. The normalized spacial score (nSPS) is 21.7. The van der Waals surface area contributed by atoms with E-state index in [0.29, 0.717) is 23.7 Å². The van der Waals surface area contributed by atoms with E-state index in [1.165, 1.54) is 0 Å². The van der Waals surface area contributed by atoms with Gasteiger partial charge in [0.25, 0.3) is 0 Å². The number of nitrogens with zero attached hydrogens (tertiary/aromatic N) is 2. The lowest BCUT2D eigenvalue weighted by molar-refractivity contribution is -0.0115. The van der Waals surface area contributed by atoms with Crippen molar-refractivity contribution in [3.8, 4) is 17.1 Å². The highest BCUT2D eigenvalue weighted by molar-refractivity contribution is 5.63. The minimum Gasteiger partial charge on any atom is -0.496 e. The Morgan fingerprint density at radius 2 is 2.18 bits per heavy atom. The molecule has 0 aliphatic carbocycles. The molecule has 5 nitrogen and oxygen atoms in total. The average Bonchev–Trinajstić information content (AvgIpc) is 3.03. The third-order valence-corrected chi connectivity index (χ3v) is 4.21.